The Bertz CT molecular complexity index is 1280. The number of carbonyl (C=O) groups excluding carboxylic acids is 3. The van der Waals surface area contributed by atoms with Crippen LogP contribution in [0.5, 0.6) is 0 Å². The van der Waals surface area contributed by atoms with Crippen LogP contribution in [-0.4, -0.2) is 47.0 Å². The van der Waals surface area contributed by atoms with Gasteiger partial charge in [0.2, 0.25) is 11.8 Å². The second-order valence-electron chi connectivity index (χ2n) is 16.0. The van der Waals surface area contributed by atoms with E-state index in [0.717, 1.165) is 50.6 Å². The van der Waals surface area contributed by atoms with Crippen LogP contribution in [0, 0.1) is 52.3 Å². The summed E-state index contributed by atoms with van der Waals surface area (Å²) >= 11 is 0. The van der Waals surface area contributed by atoms with Crippen LogP contribution < -0.4 is 16.0 Å². The summed E-state index contributed by atoms with van der Waals surface area (Å²) in [4.78, 5) is 43.6. The fourth-order valence-corrected chi connectivity index (χ4v) is 11.5. The summed E-state index contributed by atoms with van der Waals surface area (Å²) < 4.78 is 6.97. The Balaban J connectivity index is 0.977. The van der Waals surface area contributed by atoms with Crippen molar-refractivity contribution in [3.05, 3.63) is 30.1 Å². The van der Waals surface area contributed by atoms with Crippen LogP contribution >= 0.6 is 0 Å². The Morgan fingerprint density at radius 1 is 1.07 bits per heavy atom. The van der Waals surface area contributed by atoms with Crippen molar-refractivity contribution < 1.29 is 19.1 Å². The molecule has 0 aromatic carbocycles. The van der Waals surface area contributed by atoms with Gasteiger partial charge in [-0.1, -0.05) is 33.8 Å². The van der Waals surface area contributed by atoms with Gasteiger partial charge >= 0.3 is 0 Å². The number of aromatic nitrogens is 1. The Morgan fingerprint density at radius 2 is 1.91 bits per heavy atom. The van der Waals surface area contributed by atoms with E-state index in [0.29, 0.717) is 60.2 Å². The highest BCUT2D eigenvalue weighted by molar-refractivity contribution is 5.97. The highest BCUT2D eigenvalue weighted by Crippen LogP contribution is 2.70. The molecule has 0 bridgehead atoms. The minimum absolute atomic E-state index is 0.0924. The number of fused-ring (bicyclic) bond motifs is 7. The lowest BCUT2D eigenvalue weighted by molar-refractivity contribution is -0.160. The third kappa shape index (κ3) is 4.85. The van der Waals surface area contributed by atoms with Crippen molar-refractivity contribution in [1.29, 1.82) is 0 Å². The number of Topliss-reactive ketones (excluding diaryl/α,β-unsaturated/α-hetero) is 1. The molecular formula is C36H52N4O4. The number of carbonyl (C=O) groups is 3. The third-order valence-electron chi connectivity index (χ3n) is 13.9. The molecule has 1 aromatic rings. The van der Waals surface area contributed by atoms with E-state index in [1.54, 1.807) is 12.4 Å². The quantitative estimate of drug-likeness (QED) is 0.418. The number of nitrogens with one attached hydrogen (secondary N) is 3. The molecular weight excluding hydrogens is 552 g/mol. The maximum Gasteiger partial charge on any atom is 0.229 e. The van der Waals surface area contributed by atoms with Crippen LogP contribution in [0.25, 0.3) is 0 Å². The molecule has 240 valence electrons. The zero-order chi connectivity index (χ0) is 30.9. The number of amides is 2. The van der Waals surface area contributed by atoms with Crippen LogP contribution in [0.15, 0.2) is 24.5 Å². The molecule has 12 atom stereocenters. The van der Waals surface area contributed by atoms with Crippen molar-refractivity contribution in [3.8, 4) is 0 Å². The van der Waals surface area contributed by atoms with Crippen molar-refractivity contribution in [1.82, 2.24) is 20.9 Å². The molecule has 1 aromatic heterocycles. The number of hydrogen-bond donors (Lipinski definition) is 3. The van der Waals surface area contributed by atoms with Gasteiger partial charge in [0.25, 0.3) is 0 Å². The first-order valence-electron chi connectivity index (χ1n) is 17.4. The lowest BCUT2D eigenvalue weighted by Crippen LogP contribution is -2.60. The molecule has 3 N–H and O–H groups in total. The van der Waals surface area contributed by atoms with Gasteiger partial charge in [0.05, 0.1) is 6.10 Å². The molecule has 3 heterocycles. The van der Waals surface area contributed by atoms with Crippen LogP contribution in [-0.2, 0) is 25.7 Å². The highest BCUT2D eigenvalue weighted by atomic mass is 16.5. The van der Waals surface area contributed by atoms with Gasteiger partial charge in [-0.3, -0.25) is 24.7 Å². The predicted octanol–water partition coefficient (Wildman–Crippen LogP) is 4.77. The van der Waals surface area contributed by atoms with Gasteiger partial charge in [-0.25, -0.2) is 0 Å². The van der Waals surface area contributed by atoms with Gasteiger partial charge in [0.15, 0.2) is 0 Å². The summed E-state index contributed by atoms with van der Waals surface area (Å²) in [6.07, 6.45) is 12.6. The molecule has 8 nitrogen and oxygen atoms in total. The molecule has 6 aliphatic rings. The minimum Gasteiger partial charge on any atom is -0.357 e. The Labute approximate surface area is 262 Å². The second kappa shape index (κ2) is 11.2. The van der Waals surface area contributed by atoms with Gasteiger partial charge in [0.1, 0.15) is 17.9 Å². The maximum atomic E-state index is 14.4. The van der Waals surface area contributed by atoms with Crippen molar-refractivity contribution >= 4 is 17.6 Å². The Morgan fingerprint density at radius 3 is 2.66 bits per heavy atom. The largest absolute Gasteiger partial charge is 0.357 e. The third-order valence-corrected chi connectivity index (χ3v) is 13.9. The number of ketones is 1. The van der Waals surface area contributed by atoms with Gasteiger partial charge < -0.3 is 15.4 Å². The number of ether oxygens (including phenoxy) is 1. The van der Waals surface area contributed by atoms with Crippen molar-refractivity contribution in [2.75, 3.05) is 6.54 Å². The number of nitrogens with zero attached hydrogens (tertiary/aromatic N) is 1. The van der Waals surface area contributed by atoms with Gasteiger partial charge in [-0.2, -0.15) is 0 Å². The molecule has 4 aliphatic carbocycles. The Kier molecular flexibility index (Phi) is 7.71. The fourth-order valence-electron chi connectivity index (χ4n) is 11.5. The first-order valence-corrected chi connectivity index (χ1v) is 17.4. The monoisotopic (exact) mass is 604 g/mol. The smallest absolute Gasteiger partial charge is 0.229 e. The van der Waals surface area contributed by atoms with Crippen LogP contribution in [0.3, 0.4) is 0 Å². The number of piperidine rings is 1. The minimum atomic E-state index is -0.286. The number of rotatable bonds is 5. The van der Waals surface area contributed by atoms with E-state index in [9.17, 15) is 14.4 Å². The highest BCUT2D eigenvalue weighted by Gasteiger charge is 2.71. The van der Waals surface area contributed by atoms with Crippen LogP contribution in [0.2, 0.25) is 0 Å². The zero-order valence-corrected chi connectivity index (χ0v) is 27.1. The van der Waals surface area contributed by atoms with Crippen molar-refractivity contribution in [3.63, 3.8) is 0 Å². The lowest BCUT2D eigenvalue weighted by atomic mass is 9.44. The summed E-state index contributed by atoms with van der Waals surface area (Å²) in [5, 5.41) is 9.81. The fraction of sp³-hybridized carbons (Fsp3) is 0.778. The first kappa shape index (κ1) is 30.3. The summed E-state index contributed by atoms with van der Waals surface area (Å²) in [6, 6.07) is 3.83. The first-order chi connectivity index (χ1) is 21.0. The van der Waals surface area contributed by atoms with E-state index in [4.69, 9.17) is 4.74 Å². The average Bonchev–Trinajstić information content (AvgIpc) is 3.45. The Hall–Kier alpha value is -2.32. The lowest BCUT2D eigenvalue weighted by Gasteiger charge is -2.60. The summed E-state index contributed by atoms with van der Waals surface area (Å²) in [7, 11) is 0. The van der Waals surface area contributed by atoms with E-state index in [2.05, 4.69) is 48.6 Å². The molecule has 2 amide bonds. The molecule has 4 saturated carbocycles. The standard InChI is InChI=1S/C36H52N4O4/c1-21-9-12-36(39-18-21)22(2)33-29(44-36)15-28-26-8-7-24-14-25(10-11-34(24,3)27(26)16-30(41)35(28,33)4)40-32(43)17-31(42)38-20-23-6-5-13-37-19-23/h5-6,13,19,21-22,24-29,33,39H,7-12,14-18,20H2,1-4H3,(H,38,42)(H,40,43)/t21-,22+,24+,25+,26-,27+,28+,29+,33+,34+,35-,36-/m1/s1. The molecule has 0 radical (unpaired) electrons. The van der Waals surface area contributed by atoms with Gasteiger partial charge in [-0.05, 0) is 98.0 Å². The summed E-state index contributed by atoms with van der Waals surface area (Å²) in [5.41, 5.74) is 0.493. The van der Waals surface area contributed by atoms with Gasteiger partial charge in [0, 0.05) is 55.2 Å². The molecule has 0 unspecified atom stereocenters. The molecule has 8 heteroatoms. The number of hydrogen-bond acceptors (Lipinski definition) is 6. The van der Waals surface area contributed by atoms with Crippen LogP contribution in [0.1, 0.15) is 97.5 Å². The average molecular weight is 605 g/mol. The SMILES string of the molecule is C[C@@H]1CC[C@@]2(NC1)O[C@H]1C[C@H]3[C@@H]4CC[C@H]5C[C@@H](NC(=O)CC(=O)NCc6cccnc6)CC[C@]5(C)[C@H]4CC(=O)[C@]3(C)[C@H]1[C@@H]2C. The second-order valence-corrected chi connectivity index (χ2v) is 16.0. The van der Waals surface area contributed by atoms with E-state index in [1.165, 1.54) is 12.8 Å². The molecule has 2 saturated heterocycles. The van der Waals surface area contributed by atoms with E-state index in [1.807, 2.05) is 12.1 Å². The normalized spacial score (nSPS) is 46.0. The predicted molar refractivity (Wildman–Crippen MR) is 167 cm³/mol. The van der Waals surface area contributed by atoms with E-state index in [-0.39, 0.29) is 46.9 Å². The van der Waals surface area contributed by atoms with Crippen molar-refractivity contribution in [2.45, 2.75) is 116 Å². The zero-order valence-electron chi connectivity index (χ0n) is 27.1. The van der Waals surface area contributed by atoms with E-state index >= 15 is 0 Å². The maximum absolute atomic E-state index is 14.4. The van der Waals surface area contributed by atoms with Gasteiger partial charge in [-0.15, -0.1) is 0 Å². The van der Waals surface area contributed by atoms with E-state index < -0.39 is 0 Å². The molecule has 7 rings (SSSR count). The molecule has 2 aliphatic heterocycles. The molecule has 44 heavy (non-hydrogen) atoms. The summed E-state index contributed by atoms with van der Waals surface area (Å²) in [6.45, 7) is 10.8. The molecule has 1 spiro atoms. The number of pyridine rings is 1. The topological polar surface area (TPSA) is 109 Å². The van der Waals surface area contributed by atoms with Crippen LogP contribution in [0.4, 0.5) is 0 Å². The summed E-state index contributed by atoms with van der Waals surface area (Å²) in [5.74, 6) is 3.24. The molecule has 6 fully saturated rings. The van der Waals surface area contributed by atoms with Crippen molar-refractivity contribution in [2.24, 2.45) is 52.3 Å².